The Balaban J connectivity index is 2.65. The van der Waals surface area contributed by atoms with Gasteiger partial charge in [0.2, 0.25) is 0 Å². The van der Waals surface area contributed by atoms with Crippen LogP contribution in [0.15, 0.2) is 39.9 Å². The zero-order valence-electron chi connectivity index (χ0n) is 12.7. The molecule has 6 heteroatoms. The van der Waals surface area contributed by atoms with E-state index in [1.807, 2.05) is 13.0 Å². The van der Waals surface area contributed by atoms with Crippen LogP contribution in [0.2, 0.25) is 0 Å². The molecule has 1 heterocycles. The Kier molecular flexibility index (Phi) is 5.30. The van der Waals surface area contributed by atoms with Gasteiger partial charge in [-0.2, -0.15) is 0 Å². The molecule has 0 saturated heterocycles. The minimum Gasteiger partial charge on any atom is -0.382 e. The maximum Gasteiger partial charge on any atom is 0.330 e. The number of rotatable bonds is 6. The number of benzene rings is 1. The van der Waals surface area contributed by atoms with Gasteiger partial charge in [-0.1, -0.05) is 37.3 Å². The van der Waals surface area contributed by atoms with Crippen LogP contribution in [0.25, 0.3) is 0 Å². The number of nitrogens with one attached hydrogen (secondary N) is 1. The largest absolute Gasteiger partial charge is 0.382 e. The van der Waals surface area contributed by atoms with Gasteiger partial charge >= 0.3 is 5.69 Å². The zero-order chi connectivity index (χ0) is 16.1. The summed E-state index contributed by atoms with van der Waals surface area (Å²) in [7, 11) is 0. The zero-order valence-corrected chi connectivity index (χ0v) is 12.7. The highest BCUT2D eigenvalue weighted by Gasteiger charge is 2.22. The molecule has 1 aromatic heterocycles. The van der Waals surface area contributed by atoms with Crippen molar-refractivity contribution >= 4 is 0 Å². The van der Waals surface area contributed by atoms with Gasteiger partial charge in [-0.25, -0.2) is 4.79 Å². The normalized spacial score (nSPS) is 12.3. The van der Waals surface area contributed by atoms with Crippen molar-refractivity contribution in [3.05, 3.63) is 68.0 Å². The number of aromatic amines is 1. The Morgan fingerprint density at radius 2 is 1.91 bits per heavy atom. The first kappa shape index (κ1) is 16.2. The van der Waals surface area contributed by atoms with Gasteiger partial charge in [0.05, 0.1) is 5.69 Å². The molecule has 0 aliphatic rings. The fourth-order valence-electron chi connectivity index (χ4n) is 2.39. The fourth-order valence-corrected chi connectivity index (χ4v) is 2.39. The smallest absolute Gasteiger partial charge is 0.330 e. The third-order valence-electron chi connectivity index (χ3n) is 3.49. The van der Waals surface area contributed by atoms with Crippen molar-refractivity contribution in [3.8, 4) is 0 Å². The predicted molar refractivity (Wildman–Crippen MR) is 82.8 cm³/mol. The molecule has 2 aromatic rings. The summed E-state index contributed by atoms with van der Waals surface area (Å²) in [6.45, 7) is 4.03. The molecular weight excluding hydrogens is 284 g/mol. The lowest BCUT2D eigenvalue weighted by Gasteiger charge is -2.20. The van der Waals surface area contributed by atoms with E-state index in [-0.39, 0.29) is 12.4 Å². The molecule has 118 valence electrons. The molecule has 0 saturated carbocycles. The molecule has 1 atom stereocenters. The van der Waals surface area contributed by atoms with Gasteiger partial charge in [0.15, 0.2) is 0 Å². The Morgan fingerprint density at radius 3 is 2.50 bits per heavy atom. The Hall–Kier alpha value is -2.18. The predicted octanol–water partition coefficient (Wildman–Crippen LogP) is 1.17. The van der Waals surface area contributed by atoms with Crippen molar-refractivity contribution in [2.75, 3.05) is 6.61 Å². The summed E-state index contributed by atoms with van der Waals surface area (Å²) in [5.41, 5.74) is 0.241. The van der Waals surface area contributed by atoms with E-state index in [0.29, 0.717) is 24.2 Å². The molecule has 0 bridgehead atoms. The third-order valence-corrected chi connectivity index (χ3v) is 3.49. The van der Waals surface area contributed by atoms with E-state index in [4.69, 9.17) is 4.74 Å². The molecule has 0 amide bonds. The Bertz CT molecular complexity index is 734. The average Bonchev–Trinajstić information content (AvgIpc) is 2.53. The number of ether oxygens (including phenoxy) is 1. The summed E-state index contributed by atoms with van der Waals surface area (Å²) in [5, 5.41) is 10.7. The number of H-pyrrole nitrogens is 1. The van der Waals surface area contributed by atoms with Crippen molar-refractivity contribution in [3.63, 3.8) is 0 Å². The highest BCUT2D eigenvalue weighted by molar-refractivity contribution is 5.30. The van der Waals surface area contributed by atoms with Crippen molar-refractivity contribution in [1.29, 1.82) is 0 Å². The number of aliphatic hydroxyl groups is 1. The Morgan fingerprint density at radius 1 is 1.23 bits per heavy atom. The van der Waals surface area contributed by atoms with Crippen molar-refractivity contribution in [1.82, 2.24) is 9.55 Å². The highest BCUT2D eigenvalue weighted by Crippen LogP contribution is 2.22. The summed E-state index contributed by atoms with van der Waals surface area (Å²) in [6.07, 6.45) is -0.660. The monoisotopic (exact) mass is 304 g/mol. The quantitative estimate of drug-likeness (QED) is 0.839. The van der Waals surface area contributed by atoms with Crippen LogP contribution in [0.1, 0.15) is 36.8 Å². The molecule has 0 fully saturated rings. The summed E-state index contributed by atoms with van der Waals surface area (Å²) >= 11 is 0. The van der Waals surface area contributed by atoms with Crippen LogP contribution in [0, 0.1) is 0 Å². The van der Waals surface area contributed by atoms with Crippen LogP contribution in [0.3, 0.4) is 0 Å². The molecule has 0 radical (unpaired) electrons. The number of aromatic nitrogens is 2. The maximum absolute atomic E-state index is 12.1. The summed E-state index contributed by atoms with van der Waals surface area (Å²) in [5.74, 6) is 0. The van der Waals surface area contributed by atoms with E-state index in [0.717, 1.165) is 0 Å². The molecule has 6 nitrogen and oxygen atoms in total. The van der Waals surface area contributed by atoms with Crippen LogP contribution < -0.4 is 11.2 Å². The molecule has 22 heavy (non-hydrogen) atoms. The maximum atomic E-state index is 12.1. The lowest BCUT2D eigenvalue weighted by Crippen LogP contribution is -2.37. The topological polar surface area (TPSA) is 84.3 Å². The average molecular weight is 304 g/mol. The van der Waals surface area contributed by atoms with Crippen molar-refractivity contribution < 1.29 is 9.84 Å². The van der Waals surface area contributed by atoms with E-state index in [1.165, 1.54) is 4.57 Å². The van der Waals surface area contributed by atoms with Crippen LogP contribution in [-0.2, 0) is 17.9 Å². The second-order valence-corrected chi connectivity index (χ2v) is 4.84. The first-order valence-corrected chi connectivity index (χ1v) is 7.26. The summed E-state index contributed by atoms with van der Waals surface area (Å²) < 4.78 is 6.58. The van der Waals surface area contributed by atoms with Crippen LogP contribution in [-0.4, -0.2) is 21.3 Å². The molecular formula is C16H20N2O4. The SMILES string of the molecule is CCOCn1c(C(O)c2ccccc2)c(CC)c(=O)[nH]c1=O. The van der Waals surface area contributed by atoms with E-state index in [9.17, 15) is 14.7 Å². The van der Waals surface area contributed by atoms with Gasteiger partial charge in [-0.3, -0.25) is 14.3 Å². The number of hydrogen-bond acceptors (Lipinski definition) is 4. The molecule has 0 aliphatic carbocycles. The third kappa shape index (κ3) is 3.18. The fraction of sp³-hybridized carbons (Fsp3) is 0.375. The molecule has 0 aliphatic heterocycles. The standard InChI is InChI=1S/C16H20N2O4/c1-3-12-13(14(19)11-8-6-5-7-9-11)18(10-22-4-2)16(21)17-15(12)20/h5-9,14,19H,3-4,10H2,1-2H3,(H,17,20,21). The second kappa shape index (κ2) is 7.20. The first-order valence-electron chi connectivity index (χ1n) is 7.26. The molecule has 2 rings (SSSR count). The van der Waals surface area contributed by atoms with Gasteiger partial charge in [-0.05, 0) is 18.9 Å². The highest BCUT2D eigenvalue weighted by atomic mass is 16.5. The van der Waals surface area contributed by atoms with Gasteiger partial charge in [0.25, 0.3) is 5.56 Å². The van der Waals surface area contributed by atoms with Gasteiger partial charge < -0.3 is 9.84 Å². The van der Waals surface area contributed by atoms with Crippen LogP contribution >= 0.6 is 0 Å². The number of hydrogen-bond donors (Lipinski definition) is 2. The van der Waals surface area contributed by atoms with Crippen LogP contribution in [0.4, 0.5) is 0 Å². The van der Waals surface area contributed by atoms with E-state index < -0.39 is 17.4 Å². The lowest BCUT2D eigenvalue weighted by atomic mass is 10.0. The summed E-state index contributed by atoms with van der Waals surface area (Å²) in [4.78, 5) is 26.4. The number of aliphatic hydroxyl groups excluding tert-OH is 1. The van der Waals surface area contributed by atoms with Crippen molar-refractivity contribution in [2.45, 2.75) is 33.1 Å². The molecule has 1 unspecified atom stereocenters. The van der Waals surface area contributed by atoms with Crippen LogP contribution in [0.5, 0.6) is 0 Å². The minimum absolute atomic E-state index is 0.0155. The van der Waals surface area contributed by atoms with E-state index in [2.05, 4.69) is 4.98 Å². The van der Waals surface area contributed by atoms with E-state index >= 15 is 0 Å². The Labute approximate surface area is 128 Å². The molecule has 0 spiro atoms. The minimum atomic E-state index is -1.06. The number of nitrogens with zero attached hydrogens (tertiary/aromatic N) is 1. The van der Waals surface area contributed by atoms with Gasteiger partial charge in [-0.15, -0.1) is 0 Å². The summed E-state index contributed by atoms with van der Waals surface area (Å²) in [6, 6.07) is 8.92. The van der Waals surface area contributed by atoms with Gasteiger partial charge in [0.1, 0.15) is 12.8 Å². The van der Waals surface area contributed by atoms with Crippen molar-refractivity contribution in [2.24, 2.45) is 0 Å². The second-order valence-electron chi connectivity index (χ2n) is 4.84. The first-order chi connectivity index (χ1) is 10.6. The molecule has 1 aromatic carbocycles. The molecule has 2 N–H and O–H groups in total. The lowest BCUT2D eigenvalue weighted by molar-refractivity contribution is 0.0753. The van der Waals surface area contributed by atoms with E-state index in [1.54, 1.807) is 31.2 Å². The van der Waals surface area contributed by atoms with Gasteiger partial charge in [0, 0.05) is 12.2 Å².